The van der Waals surface area contributed by atoms with Crippen LogP contribution in [0.25, 0.3) is 0 Å². The van der Waals surface area contributed by atoms with Crippen molar-refractivity contribution in [2.75, 3.05) is 13.2 Å². The second-order valence-corrected chi connectivity index (χ2v) is 10.7. The highest BCUT2D eigenvalue weighted by molar-refractivity contribution is 4.79. The Morgan fingerprint density at radius 3 is 0.971 bits per heavy atom. The summed E-state index contributed by atoms with van der Waals surface area (Å²) in [7, 11) is 0. The minimum Gasteiger partial charge on any atom is -0.350 e. The zero-order valence-electron chi connectivity index (χ0n) is 24.6. The van der Waals surface area contributed by atoms with Crippen LogP contribution in [0.5, 0.6) is 0 Å². The molecule has 0 bridgehead atoms. The molecule has 0 aliphatic rings. The fourth-order valence-corrected chi connectivity index (χ4v) is 5.60. The van der Waals surface area contributed by atoms with Gasteiger partial charge in [0.15, 0.2) is 5.79 Å². The van der Waals surface area contributed by atoms with Gasteiger partial charge in [0.25, 0.3) is 0 Å². The molecule has 2 nitrogen and oxygen atoms in total. The van der Waals surface area contributed by atoms with Crippen molar-refractivity contribution >= 4 is 0 Å². The Hall–Kier alpha value is -0.0800. The molecular weight excluding hydrogens is 416 g/mol. The number of ether oxygens (including phenoxy) is 2. The van der Waals surface area contributed by atoms with Gasteiger partial charge in [0.05, 0.1) is 0 Å². The lowest BCUT2D eigenvalue weighted by atomic mass is 9.85. The SMILES string of the molecule is CCCCCCCCCCCCCCCCC(CCCCCCCC)C(CC)(OCC)OCC. The molecule has 34 heavy (non-hydrogen) atoms. The van der Waals surface area contributed by atoms with Crippen LogP contribution in [0.3, 0.4) is 0 Å². The van der Waals surface area contributed by atoms with Gasteiger partial charge in [-0.15, -0.1) is 0 Å². The molecule has 0 aliphatic heterocycles. The Balaban J connectivity index is 4.14. The summed E-state index contributed by atoms with van der Waals surface area (Å²) in [6, 6.07) is 0. The van der Waals surface area contributed by atoms with Crippen molar-refractivity contribution in [2.45, 2.75) is 188 Å². The zero-order valence-corrected chi connectivity index (χ0v) is 24.6. The van der Waals surface area contributed by atoms with Crippen LogP contribution >= 0.6 is 0 Å². The Kier molecular flexibility index (Phi) is 25.9. The van der Waals surface area contributed by atoms with Crippen molar-refractivity contribution in [1.82, 2.24) is 0 Å². The van der Waals surface area contributed by atoms with Gasteiger partial charge in [-0.2, -0.15) is 0 Å². The molecule has 0 aliphatic carbocycles. The van der Waals surface area contributed by atoms with Crippen LogP contribution in [0.1, 0.15) is 182 Å². The molecule has 0 aromatic heterocycles. The number of hydrogen-bond acceptors (Lipinski definition) is 2. The smallest absolute Gasteiger partial charge is 0.170 e. The summed E-state index contributed by atoms with van der Waals surface area (Å²) in [5.41, 5.74) is 0. The van der Waals surface area contributed by atoms with Crippen LogP contribution in [0, 0.1) is 5.92 Å². The number of rotatable bonds is 28. The normalized spacial score (nSPS) is 13.0. The largest absolute Gasteiger partial charge is 0.350 e. The van der Waals surface area contributed by atoms with E-state index in [4.69, 9.17) is 9.47 Å². The van der Waals surface area contributed by atoms with Crippen molar-refractivity contribution in [3.8, 4) is 0 Å². The molecule has 0 fully saturated rings. The van der Waals surface area contributed by atoms with E-state index < -0.39 is 0 Å². The predicted octanol–water partition coefficient (Wildman–Crippen LogP) is 11.4. The maximum absolute atomic E-state index is 6.32. The van der Waals surface area contributed by atoms with Crippen molar-refractivity contribution in [1.29, 1.82) is 0 Å². The second-order valence-electron chi connectivity index (χ2n) is 10.7. The maximum Gasteiger partial charge on any atom is 0.170 e. The highest BCUT2D eigenvalue weighted by Gasteiger charge is 2.38. The topological polar surface area (TPSA) is 18.5 Å². The molecule has 0 saturated carbocycles. The molecule has 0 spiro atoms. The van der Waals surface area contributed by atoms with Crippen molar-refractivity contribution < 1.29 is 9.47 Å². The van der Waals surface area contributed by atoms with E-state index in [1.165, 1.54) is 141 Å². The first-order valence-corrected chi connectivity index (χ1v) is 16.0. The van der Waals surface area contributed by atoms with E-state index in [1.807, 2.05) is 0 Å². The Bertz CT molecular complexity index is 375. The molecule has 1 atom stereocenters. The molecular formula is C32H66O2. The quantitative estimate of drug-likeness (QED) is 0.0815. The van der Waals surface area contributed by atoms with E-state index in [0.29, 0.717) is 5.92 Å². The van der Waals surface area contributed by atoms with Gasteiger partial charge >= 0.3 is 0 Å². The average Bonchev–Trinajstić information content (AvgIpc) is 2.84. The van der Waals surface area contributed by atoms with Crippen LogP contribution in [-0.4, -0.2) is 19.0 Å². The number of unbranched alkanes of at least 4 members (excludes halogenated alkanes) is 18. The molecule has 0 aromatic rings. The van der Waals surface area contributed by atoms with Gasteiger partial charge in [-0.1, -0.05) is 149 Å². The average molecular weight is 483 g/mol. The van der Waals surface area contributed by atoms with E-state index in [2.05, 4.69) is 34.6 Å². The molecule has 0 aromatic carbocycles. The van der Waals surface area contributed by atoms with Gasteiger partial charge < -0.3 is 9.47 Å². The van der Waals surface area contributed by atoms with E-state index in [9.17, 15) is 0 Å². The summed E-state index contributed by atoms with van der Waals surface area (Å²) in [5, 5.41) is 0. The Morgan fingerprint density at radius 2 is 0.706 bits per heavy atom. The second kappa shape index (κ2) is 26.0. The monoisotopic (exact) mass is 483 g/mol. The lowest BCUT2D eigenvalue weighted by Gasteiger charge is -2.40. The van der Waals surface area contributed by atoms with Crippen molar-refractivity contribution in [2.24, 2.45) is 5.92 Å². The molecule has 1 unspecified atom stereocenters. The Labute approximate surface area is 216 Å². The zero-order chi connectivity index (χ0) is 25.2. The third-order valence-corrected chi connectivity index (χ3v) is 7.70. The summed E-state index contributed by atoms with van der Waals surface area (Å²) in [5.74, 6) is 0.185. The summed E-state index contributed by atoms with van der Waals surface area (Å²) in [6.07, 6.45) is 31.7. The summed E-state index contributed by atoms with van der Waals surface area (Å²) < 4.78 is 12.6. The van der Waals surface area contributed by atoms with Crippen LogP contribution in [0.4, 0.5) is 0 Å². The van der Waals surface area contributed by atoms with Gasteiger partial charge in [0.2, 0.25) is 0 Å². The van der Waals surface area contributed by atoms with Crippen LogP contribution in [0.15, 0.2) is 0 Å². The standard InChI is InChI=1S/C32H66O2/c1-6-11-13-15-17-18-19-20-21-22-23-24-26-28-30-31(29-27-25-16-14-12-7-2)32(8-3,33-9-4)34-10-5/h31H,6-30H2,1-5H3. The Morgan fingerprint density at radius 1 is 0.412 bits per heavy atom. The molecule has 2 heteroatoms. The maximum atomic E-state index is 6.32. The van der Waals surface area contributed by atoms with Crippen molar-refractivity contribution in [3.05, 3.63) is 0 Å². The third-order valence-electron chi connectivity index (χ3n) is 7.70. The van der Waals surface area contributed by atoms with Crippen LogP contribution in [0.2, 0.25) is 0 Å². The number of hydrogen-bond donors (Lipinski definition) is 0. The molecule has 0 heterocycles. The highest BCUT2D eigenvalue weighted by atomic mass is 16.7. The summed E-state index contributed by atoms with van der Waals surface area (Å²) >= 11 is 0. The fraction of sp³-hybridized carbons (Fsp3) is 1.00. The van der Waals surface area contributed by atoms with Gasteiger partial charge in [0, 0.05) is 19.1 Å². The van der Waals surface area contributed by atoms with E-state index in [1.54, 1.807) is 0 Å². The first-order chi connectivity index (χ1) is 16.7. The van der Waals surface area contributed by atoms with Gasteiger partial charge in [-0.3, -0.25) is 0 Å². The van der Waals surface area contributed by atoms with E-state index >= 15 is 0 Å². The lowest BCUT2D eigenvalue weighted by Crippen LogP contribution is -2.43. The minimum absolute atomic E-state index is 0.358. The summed E-state index contributed by atoms with van der Waals surface area (Å²) in [6.45, 7) is 12.6. The fourth-order valence-electron chi connectivity index (χ4n) is 5.60. The van der Waals surface area contributed by atoms with Crippen LogP contribution < -0.4 is 0 Å². The predicted molar refractivity (Wildman–Crippen MR) is 153 cm³/mol. The van der Waals surface area contributed by atoms with Gasteiger partial charge in [-0.25, -0.2) is 0 Å². The molecule has 206 valence electrons. The molecule has 0 saturated heterocycles. The highest BCUT2D eigenvalue weighted by Crippen LogP contribution is 2.36. The molecule has 0 rings (SSSR count). The van der Waals surface area contributed by atoms with Gasteiger partial charge in [0.1, 0.15) is 0 Å². The first-order valence-electron chi connectivity index (χ1n) is 16.0. The van der Waals surface area contributed by atoms with E-state index in [0.717, 1.165) is 19.6 Å². The lowest BCUT2D eigenvalue weighted by molar-refractivity contribution is -0.268. The van der Waals surface area contributed by atoms with Crippen LogP contribution in [-0.2, 0) is 9.47 Å². The van der Waals surface area contributed by atoms with E-state index in [-0.39, 0.29) is 5.79 Å². The molecule has 0 radical (unpaired) electrons. The molecule has 0 N–H and O–H groups in total. The third kappa shape index (κ3) is 18.2. The van der Waals surface area contributed by atoms with Crippen molar-refractivity contribution in [3.63, 3.8) is 0 Å². The van der Waals surface area contributed by atoms with Gasteiger partial charge in [-0.05, 0) is 33.1 Å². The molecule has 0 amide bonds. The first kappa shape index (κ1) is 33.9. The summed E-state index contributed by atoms with van der Waals surface area (Å²) in [4.78, 5) is 0. The minimum atomic E-state index is -0.358.